The number of piperidine rings is 1. The summed E-state index contributed by atoms with van der Waals surface area (Å²) < 4.78 is 2.31. The first-order valence-corrected chi connectivity index (χ1v) is 12.0. The van der Waals surface area contributed by atoms with Crippen LogP contribution in [0.1, 0.15) is 43.5 Å². The molecule has 1 saturated heterocycles. The lowest BCUT2D eigenvalue weighted by atomic mass is 9.95. The van der Waals surface area contributed by atoms with Gasteiger partial charge in [-0.2, -0.15) is 4.98 Å². The molecule has 6 nitrogen and oxygen atoms in total. The number of hydrogen-bond donors (Lipinski definition) is 2. The van der Waals surface area contributed by atoms with Crippen molar-refractivity contribution < 1.29 is 0 Å². The summed E-state index contributed by atoms with van der Waals surface area (Å²) in [6.07, 6.45) is 3.62. The SMILES string of the molecule is Cc1nc(N[C@@H](C)c2ccccc2)nc2c1nc(-c1ccccc1)n2CCC1CCNCC1. The van der Waals surface area contributed by atoms with E-state index in [4.69, 9.17) is 15.0 Å². The number of benzene rings is 2. The van der Waals surface area contributed by atoms with Gasteiger partial charge in [0.2, 0.25) is 5.95 Å². The Bertz CT molecular complexity index is 1200. The number of rotatable bonds is 7. The Balaban J connectivity index is 1.51. The van der Waals surface area contributed by atoms with Gasteiger partial charge in [0.25, 0.3) is 0 Å². The molecule has 1 fully saturated rings. The van der Waals surface area contributed by atoms with Crippen molar-refractivity contribution in [1.82, 2.24) is 24.8 Å². The van der Waals surface area contributed by atoms with Crippen LogP contribution in [0.5, 0.6) is 0 Å². The first-order valence-electron chi connectivity index (χ1n) is 12.0. The van der Waals surface area contributed by atoms with Gasteiger partial charge in [0.15, 0.2) is 5.65 Å². The molecular weight excluding hydrogens is 408 g/mol. The monoisotopic (exact) mass is 440 g/mol. The van der Waals surface area contributed by atoms with Gasteiger partial charge in [0.1, 0.15) is 11.3 Å². The summed E-state index contributed by atoms with van der Waals surface area (Å²) in [6, 6.07) is 21.0. The van der Waals surface area contributed by atoms with Gasteiger partial charge in [0, 0.05) is 12.1 Å². The molecule has 33 heavy (non-hydrogen) atoms. The standard InChI is InChI=1S/C27H32N6/c1-19(22-9-5-3-6-10-22)29-27-30-20(2)24-26(32-27)33(18-15-21-13-16-28-17-14-21)25(31-24)23-11-7-4-8-12-23/h3-12,19,21,28H,13-18H2,1-2H3,(H,29,30,32)/t19-/m0/s1. The summed E-state index contributed by atoms with van der Waals surface area (Å²) in [6.45, 7) is 7.32. The highest BCUT2D eigenvalue weighted by atomic mass is 15.2. The highest BCUT2D eigenvalue weighted by molar-refractivity contribution is 5.80. The molecule has 0 bridgehead atoms. The normalized spacial score (nSPS) is 15.6. The smallest absolute Gasteiger partial charge is 0.225 e. The third-order valence-corrected chi connectivity index (χ3v) is 6.67. The van der Waals surface area contributed by atoms with Crippen molar-refractivity contribution in [3.05, 3.63) is 71.9 Å². The Labute approximate surface area is 195 Å². The van der Waals surface area contributed by atoms with Crippen LogP contribution in [0.15, 0.2) is 60.7 Å². The molecule has 2 aromatic heterocycles. The minimum absolute atomic E-state index is 0.114. The summed E-state index contributed by atoms with van der Waals surface area (Å²) in [7, 11) is 0. The van der Waals surface area contributed by atoms with Crippen molar-refractivity contribution >= 4 is 17.1 Å². The van der Waals surface area contributed by atoms with E-state index in [1.807, 2.05) is 19.1 Å². The summed E-state index contributed by atoms with van der Waals surface area (Å²) in [5.74, 6) is 2.37. The highest BCUT2D eigenvalue weighted by Crippen LogP contribution is 2.28. The molecule has 0 spiro atoms. The number of nitrogens with zero attached hydrogens (tertiary/aromatic N) is 4. The highest BCUT2D eigenvalue weighted by Gasteiger charge is 2.20. The van der Waals surface area contributed by atoms with Gasteiger partial charge in [-0.25, -0.2) is 9.97 Å². The van der Waals surface area contributed by atoms with E-state index in [0.29, 0.717) is 5.95 Å². The predicted octanol–water partition coefficient (Wildman–Crippen LogP) is 5.36. The van der Waals surface area contributed by atoms with Crippen molar-refractivity contribution in [3.63, 3.8) is 0 Å². The fourth-order valence-electron chi connectivity index (χ4n) is 4.72. The molecule has 2 N–H and O–H groups in total. The first-order chi connectivity index (χ1) is 16.2. The summed E-state index contributed by atoms with van der Waals surface area (Å²) >= 11 is 0. The third-order valence-electron chi connectivity index (χ3n) is 6.67. The molecule has 6 heteroatoms. The van der Waals surface area contributed by atoms with Crippen LogP contribution in [0.3, 0.4) is 0 Å². The molecule has 5 rings (SSSR count). The largest absolute Gasteiger partial charge is 0.348 e. The van der Waals surface area contributed by atoms with Gasteiger partial charge < -0.3 is 15.2 Å². The molecule has 2 aromatic carbocycles. The molecule has 1 aliphatic rings. The molecule has 0 saturated carbocycles. The van der Waals surface area contributed by atoms with Gasteiger partial charge >= 0.3 is 0 Å². The van der Waals surface area contributed by atoms with Crippen molar-refractivity contribution in [3.8, 4) is 11.4 Å². The number of hydrogen-bond acceptors (Lipinski definition) is 5. The van der Waals surface area contributed by atoms with E-state index in [-0.39, 0.29) is 6.04 Å². The van der Waals surface area contributed by atoms with E-state index in [9.17, 15) is 0 Å². The van der Waals surface area contributed by atoms with Crippen molar-refractivity contribution in [1.29, 1.82) is 0 Å². The average molecular weight is 441 g/mol. The van der Waals surface area contributed by atoms with Gasteiger partial charge in [-0.1, -0.05) is 60.7 Å². The lowest BCUT2D eigenvalue weighted by molar-refractivity contribution is 0.339. The summed E-state index contributed by atoms with van der Waals surface area (Å²) in [5.41, 5.74) is 5.03. The predicted molar refractivity (Wildman–Crippen MR) is 134 cm³/mol. The molecule has 4 aromatic rings. The van der Waals surface area contributed by atoms with Crippen LogP contribution in [0.25, 0.3) is 22.6 Å². The van der Waals surface area contributed by atoms with E-state index in [1.54, 1.807) is 0 Å². The van der Waals surface area contributed by atoms with E-state index in [0.717, 1.165) is 60.2 Å². The fraction of sp³-hybridized carbons (Fsp3) is 0.370. The second-order valence-corrected chi connectivity index (χ2v) is 9.02. The van der Waals surface area contributed by atoms with Gasteiger partial charge in [-0.05, 0) is 57.7 Å². The molecule has 1 aliphatic heterocycles. The Kier molecular flexibility index (Phi) is 6.35. The Morgan fingerprint density at radius 2 is 1.67 bits per heavy atom. The average Bonchev–Trinajstić information content (AvgIpc) is 3.23. The van der Waals surface area contributed by atoms with Crippen LogP contribution >= 0.6 is 0 Å². The minimum Gasteiger partial charge on any atom is -0.348 e. The molecular formula is C27H32N6. The zero-order valence-corrected chi connectivity index (χ0v) is 19.5. The second-order valence-electron chi connectivity index (χ2n) is 9.02. The summed E-state index contributed by atoms with van der Waals surface area (Å²) in [5, 5.41) is 6.97. The van der Waals surface area contributed by atoms with Crippen LogP contribution in [0, 0.1) is 12.8 Å². The van der Waals surface area contributed by atoms with Crippen molar-refractivity contribution in [2.45, 2.75) is 45.7 Å². The van der Waals surface area contributed by atoms with Crippen LogP contribution in [-0.4, -0.2) is 32.6 Å². The number of aromatic nitrogens is 4. The molecule has 0 unspecified atom stereocenters. The lowest BCUT2D eigenvalue weighted by Gasteiger charge is -2.23. The minimum atomic E-state index is 0.114. The molecule has 0 amide bonds. The van der Waals surface area contributed by atoms with E-state index >= 15 is 0 Å². The quantitative estimate of drug-likeness (QED) is 0.405. The fourth-order valence-corrected chi connectivity index (χ4v) is 4.72. The van der Waals surface area contributed by atoms with E-state index in [1.165, 1.54) is 18.4 Å². The van der Waals surface area contributed by atoms with Gasteiger partial charge in [-0.15, -0.1) is 0 Å². The van der Waals surface area contributed by atoms with Crippen LogP contribution in [0.2, 0.25) is 0 Å². The Morgan fingerprint density at radius 1 is 0.970 bits per heavy atom. The summed E-state index contributed by atoms with van der Waals surface area (Å²) in [4.78, 5) is 14.8. The van der Waals surface area contributed by atoms with Gasteiger partial charge in [-0.3, -0.25) is 0 Å². The van der Waals surface area contributed by atoms with E-state index < -0.39 is 0 Å². The topological polar surface area (TPSA) is 67.7 Å². The van der Waals surface area contributed by atoms with Crippen molar-refractivity contribution in [2.75, 3.05) is 18.4 Å². The molecule has 3 heterocycles. The Hall–Kier alpha value is -3.25. The van der Waals surface area contributed by atoms with Gasteiger partial charge in [0.05, 0.1) is 11.7 Å². The number of nitrogens with one attached hydrogen (secondary N) is 2. The zero-order chi connectivity index (χ0) is 22.6. The van der Waals surface area contributed by atoms with Crippen LogP contribution in [0.4, 0.5) is 5.95 Å². The molecule has 1 atom stereocenters. The zero-order valence-electron chi connectivity index (χ0n) is 19.5. The van der Waals surface area contributed by atoms with Crippen LogP contribution < -0.4 is 10.6 Å². The number of imidazole rings is 1. The third kappa shape index (κ3) is 4.76. The number of anilines is 1. The molecule has 0 radical (unpaired) electrons. The number of fused-ring (bicyclic) bond motifs is 1. The maximum absolute atomic E-state index is 5.02. The lowest BCUT2D eigenvalue weighted by Crippen LogP contribution is -2.28. The maximum Gasteiger partial charge on any atom is 0.225 e. The first kappa shape index (κ1) is 21.6. The number of aryl methyl sites for hydroxylation is 2. The Morgan fingerprint density at radius 3 is 2.39 bits per heavy atom. The van der Waals surface area contributed by atoms with Crippen molar-refractivity contribution in [2.24, 2.45) is 5.92 Å². The maximum atomic E-state index is 5.02. The van der Waals surface area contributed by atoms with Crippen LogP contribution in [-0.2, 0) is 6.54 Å². The van der Waals surface area contributed by atoms with E-state index in [2.05, 4.69) is 70.7 Å². The molecule has 170 valence electrons. The second kappa shape index (κ2) is 9.71. The molecule has 0 aliphatic carbocycles.